The Balaban J connectivity index is 1.95. The fraction of sp³-hybridized carbons (Fsp3) is 0.333. The van der Waals surface area contributed by atoms with E-state index in [-0.39, 0.29) is 12.5 Å². The summed E-state index contributed by atoms with van der Waals surface area (Å²) in [5.41, 5.74) is 3.33. The highest BCUT2D eigenvalue weighted by atomic mass is 16.5. The molecular formula is C21H25NO4. The molecule has 0 spiro atoms. The molecule has 0 heterocycles. The highest BCUT2D eigenvalue weighted by Crippen LogP contribution is 2.22. The summed E-state index contributed by atoms with van der Waals surface area (Å²) in [7, 11) is 0. The van der Waals surface area contributed by atoms with Gasteiger partial charge in [-0.2, -0.15) is 0 Å². The van der Waals surface area contributed by atoms with Gasteiger partial charge in [-0.1, -0.05) is 32.0 Å². The Morgan fingerprint density at radius 1 is 0.923 bits per heavy atom. The van der Waals surface area contributed by atoms with Gasteiger partial charge in [-0.05, 0) is 55.2 Å². The van der Waals surface area contributed by atoms with Crippen LogP contribution in [-0.2, 0) is 22.4 Å². The molecule has 0 saturated heterocycles. The second kappa shape index (κ2) is 9.61. The van der Waals surface area contributed by atoms with Crippen molar-refractivity contribution in [3.05, 3.63) is 59.2 Å². The summed E-state index contributed by atoms with van der Waals surface area (Å²) in [5, 5.41) is 2.88. The molecule has 26 heavy (non-hydrogen) atoms. The number of ether oxygens (including phenoxy) is 2. The minimum atomic E-state index is -0.539. The molecule has 0 aromatic heterocycles. The van der Waals surface area contributed by atoms with Gasteiger partial charge in [0.1, 0.15) is 5.75 Å². The third-order valence-corrected chi connectivity index (χ3v) is 4.00. The van der Waals surface area contributed by atoms with Crippen molar-refractivity contribution in [2.24, 2.45) is 0 Å². The molecule has 0 saturated carbocycles. The SMILES string of the molecule is CCOc1ccc(C(=O)OCC(=O)Nc2c(CC)cccc2CC)cc1. The fourth-order valence-electron chi connectivity index (χ4n) is 2.65. The summed E-state index contributed by atoms with van der Waals surface area (Å²) in [4.78, 5) is 24.3. The first kappa shape index (κ1) is 19.5. The lowest BCUT2D eigenvalue weighted by molar-refractivity contribution is -0.119. The minimum absolute atomic E-state index is 0.326. The van der Waals surface area contributed by atoms with E-state index in [1.807, 2.05) is 39.0 Å². The third-order valence-electron chi connectivity index (χ3n) is 4.00. The van der Waals surface area contributed by atoms with Crippen LogP contribution in [0.15, 0.2) is 42.5 Å². The van der Waals surface area contributed by atoms with Gasteiger partial charge in [-0.25, -0.2) is 4.79 Å². The lowest BCUT2D eigenvalue weighted by Gasteiger charge is -2.14. The Bertz CT molecular complexity index is 731. The maximum absolute atomic E-state index is 12.2. The number of carbonyl (C=O) groups is 2. The molecule has 1 amide bonds. The van der Waals surface area contributed by atoms with Crippen LogP contribution in [0.3, 0.4) is 0 Å². The third kappa shape index (κ3) is 5.09. The molecule has 0 aliphatic carbocycles. The van der Waals surface area contributed by atoms with Crippen LogP contribution in [0.25, 0.3) is 0 Å². The summed E-state index contributed by atoms with van der Waals surface area (Å²) in [6.45, 7) is 6.20. The molecule has 0 aliphatic rings. The average Bonchev–Trinajstić information content (AvgIpc) is 2.67. The lowest BCUT2D eigenvalue weighted by atomic mass is 10.0. The van der Waals surface area contributed by atoms with Gasteiger partial charge in [0.25, 0.3) is 5.91 Å². The number of carbonyl (C=O) groups excluding carboxylic acids is 2. The zero-order valence-corrected chi connectivity index (χ0v) is 15.5. The molecule has 2 aromatic carbocycles. The molecule has 0 bridgehead atoms. The van der Waals surface area contributed by atoms with Crippen LogP contribution < -0.4 is 10.1 Å². The molecule has 0 atom stereocenters. The Labute approximate surface area is 154 Å². The van der Waals surface area contributed by atoms with E-state index in [0.717, 1.165) is 29.7 Å². The number of esters is 1. The van der Waals surface area contributed by atoms with Crippen LogP contribution in [0.4, 0.5) is 5.69 Å². The largest absolute Gasteiger partial charge is 0.494 e. The first-order chi connectivity index (χ1) is 12.6. The Kier molecular flexibility index (Phi) is 7.21. The van der Waals surface area contributed by atoms with Gasteiger partial charge < -0.3 is 14.8 Å². The van der Waals surface area contributed by atoms with E-state index < -0.39 is 5.97 Å². The summed E-state index contributed by atoms with van der Waals surface area (Å²) < 4.78 is 10.4. The number of hydrogen-bond donors (Lipinski definition) is 1. The van der Waals surface area contributed by atoms with Crippen molar-refractivity contribution in [2.45, 2.75) is 33.6 Å². The highest BCUT2D eigenvalue weighted by molar-refractivity contribution is 5.96. The predicted molar refractivity (Wildman–Crippen MR) is 102 cm³/mol. The molecule has 5 nitrogen and oxygen atoms in total. The lowest BCUT2D eigenvalue weighted by Crippen LogP contribution is -2.22. The number of anilines is 1. The first-order valence-electron chi connectivity index (χ1n) is 8.89. The van der Waals surface area contributed by atoms with Crippen LogP contribution in [-0.4, -0.2) is 25.1 Å². The Hall–Kier alpha value is -2.82. The zero-order chi connectivity index (χ0) is 18.9. The van der Waals surface area contributed by atoms with Gasteiger partial charge in [0.2, 0.25) is 0 Å². The predicted octanol–water partition coefficient (Wildman–Crippen LogP) is 4.01. The number of para-hydroxylation sites is 1. The van der Waals surface area contributed by atoms with E-state index in [4.69, 9.17) is 9.47 Å². The molecular weight excluding hydrogens is 330 g/mol. The molecule has 5 heteroatoms. The van der Waals surface area contributed by atoms with Crippen molar-refractivity contribution in [1.82, 2.24) is 0 Å². The van der Waals surface area contributed by atoms with Crippen molar-refractivity contribution in [3.63, 3.8) is 0 Å². The van der Waals surface area contributed by atoms with Crippen LogP contribution in [0, 0.1) is 0 Å². The van der Waals surface area contributed by atoms with Crippen molar-refractivity contribution in [1.29, 1.82) is 0 Å². The van der Waals surface area contributed by atoms with Gasteiger partial charge in [0.05, 0.1) is 12.2 Å². The Morgan fingerprint density at radius 3 is 2.08 bits per heavy atom. The van der Waals surface area contributed by atoms with Crippen molar-refractivity contribution in [2.75, 3.05) is 18.5 Å². The molecule has 138 valence electrons. The quantitative estimate of drug-likeness (QED) is 0.727. The standard InChI is InChI=1S/C21H25NO4/c1-4-15-8-7-9-16(5-2)20(15)22-19(23)14-26-21(24)17-10-12-18(13-11-17)25-6-3/h7-13H,4-6,14H2,1-3H3,(H,22,23). The van der Waals surface area contributed by atoms with Gasteiger partial charge in [-0.3, -0.25) is 4.79 Å². The summed E-state index contributed by atoms with van der Waals surface area (Å²) >= 11 is 0. The summed E-state index contributed by atoms with van der Waals surface area (Å²) in [6.07, 6.45) is 1.63. The number of amides is 1. The van der Waals surface area contributed by atoms with Crippen LogP contribution in [0.5, 0.6) is 5.75 Å². The molecule has 1 N–H and O–H groups in total. The molecule has 0 aliphatic heterocycles. The second-order valence-electron chi connectivity index (χ2n) is 5.74. The smallest absolute Gasteiger partial charge is 0.338 e. The number of aryl methyl sites for hydroxylation is 2. The number of nitrogens with one attached hydrogen (secondary N) is 1. The van der Waals surface area contributed by atoms with Crippen LogP contribution in [0.1, 0.15) is 42.3 Å². The van der Waals surface area contributed by atoms with Gasteiger partial charge in [-0.15, -0.1) is 0 Å². The number of hydrogen-bond acceptors (Lipinski definition) is 4. The summed E-state index contributed by atoms with van der Waals surface area (Å²) in [5.74, 6) is -0.201. The highest BCUT2D eigenvalue weighted by Gasteiger charge is 2.13. The van der Waals surface area contributed by atoms with Crippen LogP contribution in [0.2, 0.25) is 0 Å². The van der Waals surface area contributed by atoms with Gasteiger partial charge in [0.15, 0.2) is 6.61 Å². The van der Waals surface area contributed by atoms with E-state index in [2.05, 4.69) is 5.32 Å². The Morgan fingerprint density at radius 2 is 1.54 bits per heavy atom. The van der Waals surface area contributed by atoms with Crippen molar-refractivity contribution >= 4 is 17.6 Å². The molecule has 0 unspecified atom stereocenters. The first-order valence-corrected chi connectivity index (χ1v) is 8.89. The number of benzene rings is 2. The van der Waals surface area contributed by atoms with Crippen molar-refractivity contribution in [3.8, 4) is 5.75 Å². The normalized spacial score (nSPS) is 10.3. The molecule has 0 radical (unpaired) electrons. The fourth-order valence-corrected chi connectivity index (χ4v) is 2.65. The number of rotatable bonds is 8. The second-order valence-corrected chi connectivity index (χ2v) is 5.74. The topological polar surface area (TPSA) is 64.6 Å². The monoisotopic (exact) mass is 355 g/mol. The van der Waals surface area contributed by atoms with E-state index in [1.165, 1.54) is 0 Å². The van der Waals surface area contributed by atoms with E-state index in [0.29, 0.717) is 17.9 Å². The maximum atomic E-state index is 12.2. The molecule has 2 aromatic rings. The zero-order valence-electron chi connectivity index (χ0n) is 15.5. The molecule has 0 fully saturated rings. The molecule has 2 rings (SSSR count). The minimum Gasteiger partial charge on any atom is -0.494 e. The van der Waals surface area contributed by atoms with Gasteiger partial charge in [0, 0.05) is 5.69 Å². The van der Waals surface area contributed by atoms with Crippen LogP contribution >= 0.6 is 0 Å². The average molecular weight is 355 g/mol. The van der Waals surface area contributed by atoms with E-state index in [1.54, 1.807) is 24.3 Å². The summed E-state index contributed by atoms with van der Waals surface area (Å²) in [6, 6.07) is 12.6. The van der Waals surface area contributed by atoms with E-state index in [9.17, 15) is 9.59 Å². The van der Waals surface area contributed by atoms with Gasteiger partial charge >= 0.3 is 5.97 Å². The van der Waals surface area contributed by atoms with Crippen molar-refractivity contribution < 1.29 is 19.1 Å². The maximum Gasteiger partial charge on any atom is 0.338 e. The van der Waals surface area contributed by atoms with E-state index >= 15 is 0 Å².